The van der Waals surface area contributed by atoms with E-state index >= 15 is 0 Å². The molecule has 2 heterocycles. The van der Waals surface area contributed by atoms with Crippen molar-refractivity contribution in [2.24, 2.45) is 0 Å². The number of esters is 1. The van der Waals surface area contributed by atoms with Crippen molar-refractivity contribution in [2.45, 2.75) is 39.1 Å². The summed E-state index contributed by atoms with van der Waals surface area (Å²) in [5.41, 5.74) is -0.370. The Morgan fingerprint density at radius 2 is 1.91 bits per heavy atom. The van der Waals surface area contributed by atoms with Gasteiger partial charge in [0, 0.05) is 17.3 Å². The highest BCUT2D eigenvalue weighted by Crippen LogP contribution is 2.45. The van der Waals surface area contributed by atoms with Crippen molar-refractivity contribution in [1.82, 2.24) is 14.6 Å². The van der Waals surface area contributed by atoms with Gasteiger partial charge in [0.2, 0.25) is 0 Å². The average Bonchev–Trinajstić information content (AvgIpc) is 3.28. The van der Waals surface area contributed by atoms with E-state index < -0.39 is 43.3 Å². The molecule has 0 amide bonds. The van der Waals surface area contributed by atoms with Crippen molar-refractivity contribution >= 4 is 19.5 Å². The van der Waals surface area contributed by atoms with Gasteiger partial charge in [0.05, 0.1) is 13.7 Å². The second-order valence-electron chi connectivity index (χ2n) is 7.77. The Morgan fingerprint density at radius 3 is 2.54 bits per heavy atom. The largest absolute Gasteiger partial charge is 0.468 e. The summed E-state index contributed by atoms with van der Waals surface area (Å²) in [6.45, 7) is 4.14. The van der Waals surface area contributed by atoms with Crippen LogP contribution in [0.1, 0.15) is 36.0 Å². The Morgan fingerprint density at radius 1 is 1.23 bits per heavy atom. The summed E-state index contributed by atoms with van der Waals surface area (Å²) < 4.78 is 36.2. The third-order valence-electron chi connectivity index (χ3n) is 5.03. The number of hydrogen-bond donors (Lipinski definition) is 2. The van der Waals surface area contributed by atoms with Crippen LogP contribution in [0.4, 0.5) is 0 Å². The van der Waals surface area contributed by atoms with Crippen LogP contribution in [0.3, 0.4) is 0 Å². The summed E-state index contributed by atoms with van der Waals surface area (Å²) in [5, 5.41) is 2.51. The zero-order chi connectivity index (χ0) is 25.8. The molecule has 188 valence electrons. The number of methoxy groups -OCH3 is 1. The maximum atomic E-state index is 13.5. The molecule has 35 heavy (non-hydrogen) atoms. The molecule has 0 saturated heterocycles. The van der Waals surface area contributed by atoms with E-state index in [1.54, 1.807) is 19.1 Å². The number of ether oxygens (including phenoxy) is 2. The number of H-pyrrole nitrogens is 1. The molecule has 0 spiro atoms. The van der Waals surface area contributed by atoms with Gasteiger partial charge < -0.3 is 14.0 Å². The van der Waals surface area contributed by atoms with Gasteiger partial charge in [0.1, 0.15) is 17.9 Å². The average molecular weight is 507 g/mol. The van der Waals surface area contributed by atoms with Crippen molar-refractivity contribution in [3.63, 3.8) is 0 Å². The van der Waals surface area contributed by atoms with E-state index in [1.165, 1.54) is 56.0 Å². The number of benzene rings is 1. The molecule has 2 N–H and O–H groups in total. The van der Waals surface area contributed by atoms with E-state index in [0.717, 1.165) is 0 Å². The first-order valence-corrected chi connectivity index (χ1v) is 12.1. The van der Waals surface area contributed by atoms with Gasteiger partial charge in [-0.15, -0.1) is 0 Å². The Labute approximate surface area is 200 Å². The van der Waals surface area contributed by atoms with E-state index in [-0.39, 0.29) is 18.1 Å². The molecule has 1 aliphatic rings. The van der Waals surface area contributed by atoms with E-state index in [0.29, 0.717) is 11.1 Å². The van der Waals surface area contributed by atoms with Gasteiger partial charge in [-0.3, -0.25) is 28.5 Å². The molecule has 0 fully saturated rings. The highest BCUT2D eigenvalue weighted by molar-refractivity contribution is 7.52. The zero-order valence-electron chi connectivity index (χ0n) is 19.5. The molecule has 12 nitrogen and oxygen atoms in total. The second kappa shape index (κ2) is 11.0. The highest BCUT2D eigenvalue weighted by atomic mass is 31.2. The molecule has 0 aliphatic carbocycles. The van der Waals surface area contributed by atoms with Crippen LogP contribution in [-0.2, 0) is 23.4 Å². The van der Waals surface area contributed by atoms with Gasteiger partial charge in [-0.05, 0) is 51.1 Å². The summed E-state index contributed by atoms with van der Waals surface area (Å²) in [5.74, 6) is -0.696. The van der Waals surface area contributed by atoms with E-state index in [9.17, 15) is 23.7 Å². The van der Waals surface area contributed by atoms with Crippen molar-refractivity contribution in [3.05, 3.63) is 74.6 Å². The molecule has 0 radical (unpaired) electrons. The molecule has 4 atom stereocenters. The molecule has 1 aromatic carbocycles. The lowest BCUT2D eigenvalue weighted by Crippen LogP contribution is -2.35. The van der Waals surface area contributed by atoms with Crippen molar-refractivity contribution in [3.8, 4) is 5.75 Å². The number of rotatable bonds is 10. The number of aromatic amines is 1. The molecule has 1 aliphatic heterocycles. The summed E-state index contributed by atoms with van der Waals surface area (Å²) in [7, 11) is -2.95. The smallest absolute Gasteiger partial charge is 0.459 e. The maximum absolute atomic E-state index is 13.5. The number of aryl methyl sites for hydroxylation is 1. The Hall–Kier alpha value is -3.31. The molecule has 1 aromatic heterocycles. The first-order valence-electron chi connectivity index (χ1n) is 10.6. The number of ketones is 1. The number of aromatic nitrogens is 2. The first-order chi connectivity index (χ1) is 16.5. The van der Waals surface area contributed by atoms with Crippen LogP contribution in [0.25, 0.3) is 0 Å². The third-order valence-corrected chi connectivity index (χ3v) is 6.67. The fraction of sp³-hybridized carbons (Fsp3) is 0.364. The normalized spacial score (nSPS) is 19.7. The lowest BCUT2D eigenvalue weighted by molar-refractivity contribution is -0.142. The number of nitrogens with one attached hydrogen (secondary N) is 2. The summed E-state index contributed by atoms with van der Waals surface area (Å²) in [6.07, 6.45) is 3.04. The quantitative estimate of drug-likeness (QED) is 0.211. The monoisotopic (exact) mass is 507 g/mol. The highest BCUT2D eigenvalue weighted by Gasteiger charge is 2.34. The minimum atomic E-state index is -4.14. The van der Waals surface area contributed by atoms with Gasteiger partial charge in [0.25, 0.3) is 5.56 Å². The van der Waals surface area contributed by atoms with Crippen LogP contribution < -0.4 is 20.9 Å². The summed E-state index contributed by atoms with van der Waals surface area (Å²) >= 11 is 0. The number of Topliss-reactive ketones (excluding diaryl/α,β-unsaturated/α-hetero) is 1. The van der Waals surface area contributed by atoms with E-state index in [4.69, 9.17) is 13.8 Å². The predicted molar refractivity (Wildman–Crippen MR) is 124 cm³/mol. The number of hydrogen-bond acceptors (Lipinski definition) is 9. The van der Waals surface area contributed by atoms with Crippen molar-refractivity contribution in [2.75, 3.05) is 13.7 Å². The van der Waals surface area contributed by atoms with Gasteiger partial charge >= 0.3 is 19.4 Å². The minimum Gasteiger partial charge on any atom is -0.468 e. The molecular formula is C22H26N3O9P. The molecular weight excluding hydrogens is 481 g/mol. The third kappa shape index (κ3) is 6.64. The number of nitrogens with zero attached hydrogens (tertiary/aromatic N) is 1. The fourth-order valence-electron chi connectivity index (χ4n) is 3.13. The predicted octanol–water partition coefficient (Wildman–Crippen LogP) is 1.86. The van der Waals surface area contributed by atoms with Crippen LogP contribution in [0.5, 0.6) is 5.75 Å². The molecule has 0 saturated carbocycles. The molecule has 2 aromatic rings. The minimum absolute atomic E-state index is 0.138. The van der Waals surface area contributed by atoms with Crippen LogP contribution >= 0.6 is 7.75 Å². The maximum Gasteiger partial charge on any atom is 0.459 e. The van der Waals surface area contributed by atoms with Gasteiger partial charge in [0.15, 0.2) is 12.0 Å². The summed E-state index contributed by atoms with van der Waals surface area (Å²) in [4.78, 5) is 49.2. The standard InChI is InChI=1S/C22H26N3O9P/c1-13-11-25(22(29)23-20(13)27)19-10-9-18(33-19)12-32-35(30,24-14(2)21(28)31-4)34-17-7-5-16(6-8-17)15(3)26/h5-11,14,18-19H,12H2,1-4H3,(H,24,30)(H,23,27,29). The Kier molecular flexibility index (Phi) is 8.23. The van der Waals surface area contributed by atoms with Crippen LogP contribution in [0.15, 0.2) is 52.2 Å². The fourth-order valence-corrected chi connectivity index (χ4v) is 4.64. The lowest BCUT2D eigenvalue weighted by atomic mass is 10.1. The lowest BCUT2D eigenvalue weighted by Gasteiger charge is -2.24. The van der Waals surface area contributed by atoms with Crippen molar-refractivity contribution in [1.29, 1.82) is 0 Å². The van der Waals surface area contributed by atoms with Gasteiger partial charge in [-0.2, -0.15) is 5.09 Å². The molecule has 0 bridgehead atoms. The van der Waals surface area contributed by atoms with Crippen LogP contribution in [-0.4, -0.2) is 47.2 Å². The Bertz CT molecular complexity index is 1280. The second-order valence-corrected chi connectivity index (χ2v) is 9.46. The zero-order valence-corrected chi connectivity index (χ0v) is 20.4. The molecule has 13 heteroatoms. The van der Waals surface area contributed by atoms with E-state index in [2.05, 4.69) is 14.8 Å². The summed E-state index contributed by atoms with van der Waals surface area (Å²) in [6, 6.07) is 4.87. The molecule has 3 rings (SSSR count). The van der Waals surface area contributed by atoms with Crippen molar-refractivity contribution < 1.29 is 32.7 Å². The van der Waals surface area contributed by atoms with E-state index in [1.807, 2.05) is 0 Å². The topological polar surface area (TPSA) is 155 Å². The van der Waals surface area contributed by atoms with Gasteiger partial charge in [-0.1, -0.05) is 6.08 Å². The van der Waals surface area contributed by atoms with Crippen LogP contribution in [0, 0.1) is 6.92 Å². The number of carbonyl (C=O) groups excluding carboxylic acids is 2. The first kappa shape index (κ1) is 26.3. The Balaban J connectivity index is 1.72. The molecule has 4 unspecified atom stereocenters. The van der Waals surface area contributed by atoms with Crippen LogP contribution in [0.2, 0.25) is 0 Å². The van der Waals surface area contributed by atoms with Gasteiger partial charge in [-0.25, -0.2) is 9.36 Å². The SMILES string of the molecule is COC(=O)C(C)NP(=O)(OCC1C=CC(n2cc(C)c(=O)[nH]c2=O)O1)Oc1ccc(C(C)=O)cc1. The number of carbonyl (C=O) groups is 2.